The largest absolute Gasteiger partial charge is 0.495 e. The van der Waals surface area contributed by atoms with E-state index in [2.05, 4.69) is 10.3 Å². The van der Waals surface area contributed by atoms with Gasteiger partial charge >= 0.3 is 0 Å². The van der Waals surface area contributed by atoms with Gasteiger partial charge < -0.3 is 19.7 Å². The lowest BCUT2D eigenvalue weighted by atomic mass is 10.1. The van der Waals surface area contributed by atoms with Crippen LogP contribution >= 0.6 is 22.9 Å². The highest BCUT2D eigenvalue weighted by Gasteiger charge is 2.36. The predicted molar refractivity (Wildman–Crippen MR) is 126 cm³/mol. The lowest BCUT2D eigenvalue weighted by Crippen LogP contribution is -2.28. The lowest BCUT2D eigenvalue weighted by Gasteiger charge is -2.21. The van der Waals surface area contributed by atoms with Crippen LogP contribution in [0.3, 0.4) is 0 Å². The predicted octanol–water partition coefficient (Wildman–Crippen LogP) is 4.78. The van der Waals surface area contributed by atoms with Crippen LogP contribution in [0.15, 0.2) is 41.8 Å². The quantitative estimate of drug-likeness (QED) is 0.559. The Labute approximate surface area is 194 Å². The second-order valence-corrected chi connectivity index (χ2v) is 8.86. The summed E-state index contributed by atoms with van der Waals surface area (Å²) in [6, 6.07) is 10.8. The Morgan fingerprint density at radius 1 is 1.22 bits per heavy atom. The molecule has 1 N–H and O–H groups in total. The van der Waals surface area contributed by atoms with Crippen molar-refractivity contribution in [2.75, 3.05) is 31.0 Å². The topological polar surface area (TPSA) is 80.8 Å². The number of methoxy groups -OCH3 is 2. The van der Waals surface area contributed by atoms with Gasteiger partial charge in [-0.3, -0.25) is 9.59 Å². The molecule has 0 saturated carbocycles. The smallest absolute Gasteiger partial charge is 0.229 e. The van der Waals surface area contributed by atoms with Crippen molar-refractivity contribution in [2.24, 2.45) is 5.92 Å². The van der Waals surface area contributed by atoms with Crippen molar-refractivity contribution in [3.05, 3.63) is 51.8 Å². The summed E-state index contributed by atoms with van der Waals surface area (Å²) >= 11 is 7.83. The number of nitrogens with one attached hydrogen (secondary N) is 1. The van der Waals surface area contributed by atoms with Crippen molar-refractivity contribution in [3.8, 4) is 22.8 Å². The van der Waals surface area contributed by atoms with E-state index in [1.807, 2.05) is 36.6 Å². The van der Waals surface area contributed by atoms with E-state index < -0.39 is 5.92 Å². The summed E-state index contributed by atoms with van der Waals surface area (Å²) in [6.07, 6.45) is 0.101. The van der Waals surface area contributed by atoms with Crippen LogP contribution < -0.4 is 19.7 Å². The zero-order chi connectivity index (χ0) is 22.8. The molecular weight excluding hydrogens is 450 g/mol. The van der Waals surface area contributed by atoms with Crippen LogP contribution in [0.4, 0.5) is 11.4 Å². The molecule has 1 aromatic heterocycles. The van der Waals surface area contributed by atoms with Gasteiger partial charge in [0, 0.05) is 35.7 Å². The number of amides is 2. The minimum absolute atomic E-state index is 0.101. The molecule has 0 aliphatic carbocycles. The fourth-order valence-corrected chi connectivity index (χ4v) is 4.52. The Balaban J connectivity index is 1.50. The first-order chi connectivity index (χ1) is 15.4. The first kappa shape index (κ1) is 22.1. The van der Waals surface area contributed by atoms with Crippen LogP contribution in [0.1, 0.15) is 11.4 Å². The number of aryl methyl sites for hydroxylation is 1. The average Bonchev–Trinajstić information content (AvgIpc) is 3.39. The van der Waals surface area contributed by atoms with Gasteiger partial charge in [0.25, 0.3) is 0 Å². The zero-order valence-corrected chi connectivity index (χ0v) is 19.4. The Hall–Kier alpha value is -3.10. The Kier molecular flexibility index (Phi) is 6.34. The summed E-state index contributed by atoms with van der Waals surface area (Å²) in [7, 11) is 3.01. The number of rotatable bonds is 6. The van der Waals surface area contributed by atoms with Gasteiger partial charge in [0.15, 0.2) is 0 Å². The molecule has 0 radical (unpaired) electrons. The molecule has 1 saturated heterocycles. The van der Waals surface area contributed by atoms with E-state index in [4.69, 9.17) is 21.1 Å². The monoisotopic (exact) mass is 471 g/mol. The van der Waals surface area contributed by atoms with Gasteiger partial charge in [0.2, 0.25) is 11.8 Å². The van der Waals surface area contributed by atoms with E-state index in [9.17, 15) is 9.59 Å². The molecule has 3 aromatic rings. The average molecular weight is 472 g/mol. The summed E-state index contributed by atoms with van der Waals surface area (Å²) in [5.74, 6) is 0.0102. The summed E-state index contributed by atoms with van der Waals surface area (Å²) in [5, 5.41) is 6.25. The van der Waals surface area contributed by atoms with Gasteiger partial charge in [-0.05, 0) is 25.1 Å². The maximum atomic E-state index is 12.9. The number of carbonyl (C=O) groups is 2. The van der Waals surface area contributed by atoms with Crippen molar-refractivity contribution < 1.29 is 19.1 Å². The molecule has 2 amide bonds. The third kappa shape index (κ3) is 4.42. The van der Waals surface area contributed by atoms with E-state index in [1.165, 1.54) is 19.1 Å². The second kappa shape index (κ2) is 9.18. The van der Waals surface area contributed by atoms with Crippen molar-refractivity contribution in [1.82, 2.24) is 4.98 Å². The van der Waals surface area contributed by atoms with Crippen LogP contribution in [0.5, 0.6) is 11.5 Å². The molecule has 1 aliphatic heterocycles. The first-order valence-corrected chi connectivity index (χ1v) is 11.2. The molecule has 2 aromatic carbocycles. The summed E-state index contributed by atoms with van der Waals surface area (Å²) < 4.78 is 10.6. The fourth-order valence-electron chi connectivity index (χ4n) is 3.67. The Morgan fingerprint density at radius 2 is 2.00 bits per heavy atom. The number of ether oxygens (including phenoxy) is 2. The number of carbonyl (C=O) groups excluding carboxylic acids is 2. The number of halogens is 1. The van der Waals surface area contributed by atoms with Gasteiger partial charge in [-0.2, -0.15) is 0 Å². The molecule has 9 heteroatoms. The second-order valence-electron chi connectivity index (χ2n) is 7.39. The standard InChI is InChI=1S/C23H22ClN3O4S/c1-13-25-18(12-32-13)14-5-4-6-16(7-14)26-23(29)15-8-22(28)27(11-15)19-9-17(24)20(30-2)10-21(19)31-3/h4-7,9-10,12,15H,8,11H2,1-3H3,(H,26,29)/t15-/m1/s1. The first-order valence-electron chi connectivity index (χ1n) is 9.95. The van der Waals surface area contributed by atoms with Crippen LogP contribution in [-0.2, 0) is 9.59 Å². The molecule has 32 heavy (non-hydrogen) atoms. The number of hydrogen-bond donors (Lipinski definition) is 1. The molecule has 4 rings (SSSR count). The number of benzene rings is 2. The minimum Gasteiger partial charge on any atom is -0.495 e. The highest BCUT2D eigenvalue weighted by Crippen LogP contribution is 2.40. The van der Waals surface area contributed by atoms with E-state index in [0.29, 0.717) is 27.9 Å². The highest BCUT2D eigenvalue weighted by atomic mass is 35.5. The lowest BCUT2D eigenvalue weighted by molar-refractivity contribution is -0.122. The number of aromatic nitrogens is 1. The van der Waals surface area contributed by atoms with Crippen molar-refractivity contribution >= 4 is 46.1 Å². The molecular formula is C23H22ClN3O4S. The summed E-state index contributed by atoms with van der Waals surface area (Å²) in [4.78, 5) is 31.7. The van der Waals surface area contributed by atoms with Crippen LogP contribution in [-0.4, -0.2) is 37.6 Å². The maximum Gasteiger partial charge on any atom is 0.229 e. The van der Waals surface area contributed by atoms with E-state index in [-0.39, 0.29) is 24.8 Å². The van der Waals surface area contributed by atoms with E-state index >= 15 is 0 Å². The van der Waals surface area contributed by atoms with E-state index in [1.54, 1.807) is 23.5 Å². The number of anilines is 2. The molecule has 1 atom stereocenters. The van der Waals surface area contributed by atoms with Gasteiger partial charge in [-0.15, -0.1) is 11.3 Å². The summed E-state index contributed by atoms with van der Waals surface area (Å²) in [5.41, 5.74) is 2.97. The van der Waals surface area contributed by atoms with Gasteiger partial charge in [-0.25, -0.2) is 4.98 Å². The molecule has 0 unspecified atom stereocenters. The number of thiazole rings is 1. The maximum absolute atomic E-state index is 12.9. The molecule has 2 heterocycles. The SMILES string of the molecule is COc1cc(OC)c(N2C[C@H](C(=O)Nc3cccc(-c4csc(C)n4)c3)CC2=O)cc1Cl. The van der Waals surface area contributed by atoms with Crippen LogP contribution in [0.25, 0.3) is 11.3 Å². The third-order valence-electron chi connectivity index (χ3n) is 5.28. The van der Waals surface area contributed by atoms with Crippen molar-refractivity contribution in [3.63, 3.8) is 0 Å². The zero-order valence-electron chi connectivity index (χ0n) is 17.8. The van der Waals surface area contributed by atoms with Crippen molar-refractivity contribution in [2.45, 2.75) is 13.3 Å². The van der Waals surface area contributed by atoms with Crippen LogP contribution in [0.2, 0.25) is 5.02 Å². The molecule has 1 aliphatic rings. The summed E-state index contributed by atoms with van der Waals surface area (Å²) in [6.45, 7) is 2.18. The molecule has 0 spiro atoms. The molecule has 7 nitrogen and oxygen atoms in total. The van der Waals surface area contributed by atoms with Gasteiger partial charge in [-0.1, -0.05) is 23.7 Å². The Morgan fingerprint density at radius 3 is 2.69 bits per heavy atom. The van der Waals surface area contributed by atoms with E-state index in [0.717, 1.165) is 16.3 Å². The van der Waals surface area contributed by atoms with Crippen LogP contribution in [0, 0.1) is 12.8 Å². The highest BCUT2D eigenvalue weighted by molar-refractivity contribution is 7.09. The normalized spacial score (nSPS) is 15.7. The third-order valence-corrected chi connectivity index (χ3v) is 6.35. The number of hydrogen-bond acceptors (Lipinski definition) is 6. The molecule has 166 valence electrons. The molecule has 1 fully saturated rings. The minimum atomic E-state index is -0.502. The molecule has 0 bridgehead atoms. The van der Waals surface area contributed by atoms with Gasteiger partial charge in [0.1, 0.15) is 11.5 Å². The number of nitrogens with zero attached hydrogens (tertiary/aromatic N) is 2. The van der Waals surface area contributed by atoms with Crippen molar-refractivity contribution in [1.29, 1.82) is 0 Å². The Bertz CT molecular complexity index is 1180. The fraction of sp³-hybridized carbons (Fsp3) is 0.261. The van der Waals surface area contributed by atoms with Gasteiger partial charge in [0.05, 0.1) is 41.5 Å².